The maximum atomic E-state index is 5.86. The Balaban J connectivity index is 1.27. The van der Waals surface area contributed by atoms with Crippen LogP contribution in [0.1, 0.15) is 6.42 Å². The zero-order valence-electron chi connectivity index (χ0n) is 12.3. The Morgan fingerprint density at radius 1 is 0.565 bits per heavy atom. The third kappa shape index (κ3) is 2.10. The molecule has 0 fully saturated rings. The van der Waals surface area contributed by atoms with E-state index in [2.05, 4.69) is 0 Å². The summed E-state index contributed by atoms with van der Waals surface area (Å²) in [6.07, 6.45) is 4.78. The lowest BCUT2D eigenvalue weighted by Gasteiger charge is -2.09. The Bertz CT molecular complexity index is 726. The Hall–Kier alpha value is -2.75. The molecule has 0 radical (unpaired) electrons. The van der Waals surface area contributed by atoms with Crippen LogP contribution in [-0.2, 0) is 0 Å². The predicted molar refractivity (Wildman–Crippen MR) is 87.7 cm³/mol. The highest BCUT2D eigenvalue weighted by atomic mass is 16.6. The van der Waals surface area contributed by atoms with Gasteiger partial charge in [0.25, 0.3) is 0 Å². The SMILES string of the molecule is C1=C(B2Oc3ccccc3O2)CC(B2Oc3ccccc3O2)=C1. The van der Waals surface area contributed by atoms with Gasteiger partial charge >= 0.3 is 14.2 Å². The average Bonchev–Trinajstić information content (AvgIpc) is 3.30. The Morgan fingerprint density at radius 3 is 1.26 bits per heavy atom. The van der Waals surface area contributed by atoms with Crippen molar-refractivity contribution >= 4 is 14.2 Å². The molecule has 2 heterocycles. The summed E-state index contributed by atoms with van der Waals surface area (Å²) in [7, 11) is -0.741. The van der Waals surface area contributed by atoms with E-state index >= 15 is 0 Å². The van der Waals surface area contributed by atoms with Gasteiger partial charge in [0.15, 0.2) is 0 Å². The summed E-state index contributed by atoms with van der Waals surface area (Å²) < 4.78 is 23.4. The number of fused-ring (bicyclic) bond motifs is 2. The molecule has 0 saturated carbocycles. The maximum absolute atomic E-state index is 5.86. The van der Waals surface area contributed by atoms with Crippen LogP contribution in [-0.4, -0.2) is 14.2 Å². The minimum Gasteiger partial charge on any atom is -0.519 e. The van der Waals surface area contributed by atoms with Crippen LogP contribution in [0.4, 0.5) is 0 Å². The second-order valence-electron chi connectivity index (χ2n) is 5.69. The highest BCUT2D eigenvalue weighted by molar-refractivity contribution is 6.60. The third-order valence-electron chi connectivity index (χ3n) is 4.16. The van der Waals surface area contributed by atoms with Crippen LogP contribution in [0.15, 0.2) is 71.6 Å². The molecule has 0 saturated heterocycles. The third-order valence-corrected chi connectivity index (χ3v) is 4.16. The van der Waals surface area contributed by atoms with Crippen molar-refractivity contribution in [1.82, 2.24) is 0 Å². The molecule has 0 unspecified atom stereocenters. The summed E-state index contributed by atoms with van der Waals surface area (Å²) in [5.41, 5.74) is 2.14. The van der Waals surface area contributed by atoms with E-state index in [4.69, 9.17) is 18.6 Å². The molecule has 6 heteroatoms. The van der Waals surface area contributed by atoms with Crippen LogP contribution in [0.3, 0.4) is 0 Å². The number of para-hydroxylation sites is 4. The molecule has 110 valence electrons. The van der Waals surface area contributed by atoms with E-state index in [9.17, 15) is 0 Å². The molecule has 3 aliphatic rings. The van der Waals surface area contributed by atoms with Crippen LogP contribution in [0.5, 0.6) is 23.0 Å². The number of hydrogen-bond donors (Lipinski definition) is 0. The second kappa shape index (κ2) is 4.88. The van der Waals surface area contributed by atoms with E-state index in [0.29, 0.717) is 0 Å². The molecule has 5 rings (SSSR count). The van der Waals surface area contributed by atoms with Gasteiger partial charge in [-0.3, -0.25) is 0 Å². The highest BCUT2D eigenvalue weighted by Crippen LogP contribution is 2.39. The van der Waals surface area contributed by atoms with Crippen molar-refractivity contribution in [3.05, 3.63) is 71.6 Å². The van der Waals surface area contributed by atoms with Crippen molar-refractivity contribution in [3.8, 4) is 23.0 Å². The lowest BCUT2D eigenvalue weighted by molar-refractivity contribution is 0.505. The van der Waals surface area contributed by atoms with Crippen LogP contribution >= 0.6 is 0 Å². The van der Waals surface area contributed by atoms with Gasteiger partial charge in [-0.05, 0) is 41.6 Å². The maximum Gasteiger partial charge on any atom is 0.628 e. The summed E-state index contributed by atoms with van der Waals surface area (Å²) in [4.78, 5) is 0. The van der Waals surface area contributed by atoms with E-state index in [-0.39, 0.29) is 14.2 Å². The molecular formula is C17H12B2O4. The van der Waals surface area contributed by atoms with E-state index in [1.165, 1.54) is 0 Å². The molecule has 0 spiro atoms. The van der Waals surface area contributed by atoms with Crippen LogP contribution in [0.2, 0.25) is 0 Å². The number of rotatable bonds is 2. The van der Waals surface area contributed by atoms with E-state index in [1.807, 2.05) is 60.7 Å². The fraction of sp³-hybridized carbons (Fsp3) is 0.0588. The monoisotopic (exact) mass is 302 g/mol. The largest absolute Gasteiger partial charge is 0.628 e. The van der Waals surface area contributed by atoms with Gasteiger partial charge in [0, 0.05) is 0 Å². The number of benzene rings is 2. The summed E-state index contributed by atoms with van der Waals surface area (Å²) >= 11 is 0. The molecule has 4 nitrogen and oxygen atoms in total. The first-order valence-electron chi connectivity index (χ1n) is 7.61. The Kier molecular flexibility index (Phi) is 2.71. The molecule has 0 N–H and O–H groups in total. The summed E-state index contributed by atoms with van der Waals surface area (Å²) in [5.74, 6) is 3.14. The van der Waals surface area contributed by atoms with E-state index < -0.39 is 0 Å². The minimum atomic E-state index is -0.370. The molecule has 0 atom stereocenters. The summed E-state index contributed by atoms with van der Waals surface area (Å²) in [5, 5.41) is 0. The van der Waals surface area contributed by atoms with Gasteiger partial charge in [-0.25, -0.2) is 0 Å². The van der Waals surface area contributed by atoms with Crippen molar-refractivity contribution < 1.29 is 18.6 Å². The molecule has 23 heavy (non-hydrogen) atoms. The standard InChI is InChI=1S/C17H12B2O4/c1-2-6-15-14(5-1)20-18(21-15)12-9-10-13(11-12)19-22-16-7-3-4-8-17(16)23-19/h1-10H,11H2. The fourth-order valence-electron chi connectivity index (χ4n) is 2.99. The first-order valence-corrected chi connectivity index (χ1v) is 7.61. The average molecular weight is 302 g/mol. The van der Waals surface area contributed by atoms with Crippen LogP contribution in [0, 0.1) is 0 Å². The molecule has 0 aromatic heterocycles. The topological polar surface area (TPSA) is 36.9 Å². The van der Waals surface area contributed by atoms with Crippen molar-refractivity contribution in [2.45, 2.75) is 6.42 Å². The molecule has 0 amide bonds. The van der Waals surface area contributed by atoms with Crippen molar-refractivity contribution in [2.24, 2.45) is 0 Å². The summed E-state index contributed by atoms with van der Waals surface area (Å²) in [6, 6.07) is 15.4. The van der Waals surface area contributed by atoms with Gasteiger partial charge in [0.1, 0.15) is 23.0 Å². The minimum absolute atomic E-state index is 0.370. The van der Waals surface area contributed by atoms with Gasteiger partial charge in [0.2, 0.25) is 0 Å². The van der Waals surface area contributed by atoms with E-state index in [1.54, 1.807) is 0 Å². The van der Waals surface area contributed by atoms with E-state index in [0.717, 1.165) is 40.4 Å². The fourth-order valence-corrected chi connectivity index (χ4v) is 2.99. The highest BCUT2D eigenvalue weighted by Gasteiger charge is 2.42. The second-order valence-corrected chi connectivity index (χ2v) is 5.69. The summed E-state index contributed by atoms with van der Waals surface area (Å²) in [6.45, 7) is 0. The molecule has 2 aromatic carbocycles. The quantitative estimate of drug-likeness (QED) is 0.798. The van der Waals surface area contributed by atoms with Crippen molar-refractivity contribution in [1.29, 1.82) is 0 Å². The van der Waals surface area contributed by atoms with Gasteiger partial charge in [-0.2, -0.15) is 0 Å². The Labute approximate surface area is 134 Å². The predicted octanol–water partition coefficient (Wildman–Crippen LogP) is 3.24. The van der Waals surface area contributed by atoms with Crippen molar-refractivity contribution in [2.75, 3.05) is 0 Å². The first kappa shape index (κ1) is 12.8. The zero-order chi connectivity index (χ0) is 15.2. The van der Waals surface area contributed by atoms with Gasteiger partial charge in [0.05, 0.1) is 0 Å². The lowest BCUT2D eigenvalue weighted by Crippen LogP contribution is -2.30. The zero-order valence-corrected chi connectivity index (χ0v) is 12.3. The molecule has 2 aliphatic heterocycles. The van der Waals surface area contributed by atoms with Gasteiger partial charge in [-0.1, -0.05) is 36.4 Å². The van der Waals surface area contributed by atoms with Gasteiger partial charge < -0.3 is 18.6 Å². The smallest absolute Gasteiger partial charge is 0.519 e. The molecule has 0 bridgehead atoms. The molecule has 1 aliphatic carbocycles. The van der Waals surface area contributed by atoms with Crippen LogP contribution in [0.25, 0.3) is 0 Å². The number of hydrogen-bond acceptors (Lipinski definition) is 4. The van der Waals surface area contributed by atoms with Crippen LogP contribution < -0.4 is 18.6 Å². The first-order chi connectivity index (χ1) is 11.4. The normalized spacial score (nSPS) is 17.4. The molecule has 2 aromatic rings. The Morgan fingerprint density at radius 2 is 0.913 bits per heavy atom. The number of allylic oxidation sites excluding steroid dienone is 4. The van der Waals surface area contributed by atoms with Gasteiger partial charge in [-0.15, -0.1) is 0 Å². The van der Waals surface area contributed by atoms with Crippen molar-refractivity contribution in [3.63, 3.8) is 0 Å². The lowest BCUT2D eigenvalue weighted by atomic mass is 9.70. The molecular weight excluding hydrogens is 290 g/mol.